The van der Waals surface area contributed by atoms with Crippen LogP contribution >= 0.6 is 21.6 Å². The second kappa shape index (κ2) is 6.32. The van der Waals surface area contributed by atoms with Gasteiger partial charge in [0.2, 0.25) is 0 Å². The molecule has 0 bridgehead atoms. The molecular weight excluding hydrogens is 282 g/mol. The molecule has 0 saturated carbocycles. The zero-order chi connectivity index (χ0) is 13.8. The first-order valence-electron chi connectivity index (χ1n) is 5.83. The van der Waals surface area contributed by atoms with Crippen molar-refractivity contribution in [2.24, 2.45) is 5.16 Å². The molecule has 0 aromatic rings. The highest BCUT2D eigenvalue weighted by molar-refractivity contribution is 8.79. The maximum absolute atomic E-state index is 8.45. The fourth-order valence-corrected chi connectivity index (χ4v) is 3.91. The minimum Gasteiger partial charge on any atom is -0.412 e. The van der Waals surface area contributed by atoms with Crippen molar-refractivity contribution < 1.29 is 9.63 Å². The van der Waals surface area contributed by atoms with E-state index in [9.17, 15) is 0 Å². The normalized spacial score (nSPS) is 17.8. The molecule has 0 unspecified atom stereocenters. The lowest BCUT2D eigenvalue weighted by Crippen LogP contribution is -2.41. The standard InChI is InChI=1S/C12H21NO2S2Si/c1-12(2,3)18(4,5)15-9-11-7-6-10(8-13-14)16-17-11/h6-8,14H,9H2,1-5H3. The van der Waals surface area contributed by atoms with E-state index in [4.69, 9.17) is 9.63 Å². The Morgan fingerprint density at radius 1 is 1.33 bits per heavy atom. The lowest BCUT2D eigenvalue weighted by molar-refractivity contribution is 0.322. The van der Waals surface area contributed by atoms with Gasteiger partial charge in [0.15, 0.2) is 8.32 Å². The van der Waals surface area contributed by atoms with E-state index < -0.39 is 8.32 Å². The summed E-state index contributed by atoms with van der Waals surface area (Å²) in [6, 6.07) is 0. The predicted molar refractivity (Wildman–Crippen MR) is 84.8 cm³/mol. The summed E-state index contributed by atoms with van der Waals surface area (Å²) in [6.07, 6.45) is 5.43. The van der Waals surface area contributed by atoms with Crippen LogP contribution in [-0.2, 0) is 4.43 Å². The van der Waals surface area contributed by atoms with E-state index in [1.165, 1.54) is 11.1 Å². The second-order valence-corrected chi connectivity index (χ2v) is 12.8. The van der Waals surface area contributed by atoms with Crippen LogP contribution < -0.4 is 0 Å². The first kappa shape index (κ1) is 15.9. The van der Waals surface area contributed by atoms with Gasteiger partial charge in [0.05, 0.1) is 12.8 Å². The number of oxime groups is 1. The molecule has 0 aromatic carbocycles. The van der Waals surface area contributed by atoms with Crippen LogP contribution in [0, 0.1) is 0 Å². The highest BCUT2D eigenvalue weighted by Gasteiger charge is 2.37. The van der Waals surface area contributed by atoms with Crippen molar-refractivity contribution in [3.8, 4) is 0 Å². The second-order valence-electron chi connectivity index (χ2n) is 5.66. The zero-order valence-electron chi connectivity index (χ0n) is 11.6. The van der Waals surface area contributed by atoms with E-state index in [0.29, 0.717) is 6.61 Å². The Hall–Kier alpha value is -0.173. The van der Waals surface area contributed by atoms with Gasteiger partial charge in [-0.2, -0.15) is 0 Å². The van der Waals surface area contributed by atoms with Crippen LogP contribution in [0.15, 0.2) is 27.1 Å². The van der Waals surface area contributed by atoms with E-state index >= 15 is 0 Å². The lowest BCUT2D eigenvalue weighted by Gasteiger charge is -2.36. The van der Waals surface area contributed by atoms with Crippen molar-refractivity contribution in [1.29, 1.82) is 0 Å². The van der Waals surface area contributed by atoms with Crippen LogP contribution in [0.5, 0.6) is 0 Å². The van der Waals surface area contributed by atoms with Gasteiger partial charge in [-0.1, -0.05) is 47.5 Å². The van der Waals surface area contributed by atoms with Crippen molar-refractivity contribution in [3.63, 3.8) is 0 Å². The molecule has 3 nitrogen and oxygen atoms in total. The number of hydrogen-bond donors (Lipinski definition) is 1. The molecule has 1 aliphatic heterocycles. The molecule has 0 amide bonds. The van der Waals surface area contributed by atoms with Crippen molar-refractivity contribution in [3.05, 3.63) is 22.0 Å². The van der Waals surface area contributed by atoms with Gasteiger partial charge in [-0.3, -0.25) is 0 Å². The van der Waals surface area contributed by atoms with Gasteiger partial charge in [-0.05, 0) is 30.3 Å². The lowest BCUT2D eigenvalue weighted by atomic mass is 10.2. The van der Waals surface area contributed by atoms with Gasteiger partial charge < -0.3 is 9.63 Å². The van der Waals surface area contributed by atoms with Gasteiger partial charge in [0.25, 0.3) is 0 Å². The minimum atomic E-state index is -1.67. The van der Waals surface area contributed by atoms with E-state index in [1.807, 2.05) is 12.2 Å². The van der Waals surface area contributed by atoms with Gasteiger partial charge in [-0.15, -0.1) is 0 Å². The summed E-state index contributed by atoms with van der Waals surface area (Å²) >= 11 is 0. The zero-order valence-corrected chi connectivity index (χ0v) is 14.2. The van der Waals surface area contributed by atoms with E-state index in [2.05, 4.69) is 39.0 Å². The molecule has 0 radical (unpaired) electrons. The Bertz CT molecular complexity index is 384. The van der Waals surface area contributed by atoms with Gasteiger partial charge >= 0.3 is 0 Å². The molecule has 0 saturated heterocycles. The van der Waals surface area contributed by atoms with Crippen molar-refractivity contribution in [2.75, 3.05) is 6.61 Å². The Labute approximate surface area is 118 Å². The molecule has 1 N–H and O–H groups in total. The van der Waals surface area contributed by atoms with Crippen LogP contribution in [0.3, 0.4) is 0 Å². The summed E-state index contributed by atoms with van der Waals surface area (Å²) in [7, 11) is 1.58. The summed E-state index contributed by atoms with van der Waals surface area (Å²) in [5, 5.41) is 11.7. The Morgan fingerprint density at radius 3 is 2.44 bits per heavy atom. The summed E-state index contributed by atoms with van der Waals surface area (Å²) in [5.41, 5.74) is 0. The third-order valence-corrected chi connectivity index (χ3v) is 10.2. The van der Waals surface area contributed by atoms with Crippen molar-refractivity contribution in [1.82, 2.24) is 0 Å². The first-order valence-corrected chi connectivity index (χ1v) is 10.9. The topological polar surface area (TPSA) is 41.8 Å². The van der Waals surface area contributed by atoms with Gasteiger partial charge in [0.1, 0.15) is 0 Å². The molecule has 0 fully saturated rings. The fraction of sp³-hybridized carbons (Fsp3) is 0.583. The summed E-state index contributed by atoms with van der Waals surface area (Å²) in [4.78, 5) is 2.15. The molecule has 102 valence electrons. The fourth-order valence-electron chi connectivity index (χ4n) is 0.994. The van der Waals surface area contributed by atoms with Gasteiger partial charge in [0, 0.05) is 9.81 Å². The minimum absolute atomic E-state index is 0.241. The molecule has 0 spiro atoms. The first-order chi connectivity index (χ1) is 8.26. The molecule has 18 heavy (non-hydrogen) atoms. The SMILES string of the molecule is CC(C)(C)[Si](C)(C)OCC1=CC=C(C=NO)SS1. The molecule has 1 heterocycles. The molecule has 0 atom stereocenters. The Morgan fingerprint density at radius 2 is 2.00 bits per heavy atom. The number of allylic oxidation sites excluding steroid dienone is 3. The van der Waals surface area contributed by atoms with E-state index in [-0.39, 0.29) is 5.04 Å². The number of rotatable bonds is 4. The monoisotopic (exact) mass is 303 g/mol. The third-order valence-electron chi connectivity index (χ3n) is 3.24. The Kier molecular flexibility index (Phi) is 5.58. The summed E-state index contributed by atoms with van der Waals surface area (Å²) in [6.45, 7) is 11.9. The highest BCUT2D eigenvalue weighted by atomic mass is 33.1. The summed E-state index contributed by atoms with van der Waals surface area (Å²) in [5.74, 6) is 0. The maximum atomic E-state index is 8.45. The van der Waals surface area contributed by atoms with Crippen LogP contribution in [0.25, 0.3) is 0 Å². The third kappa shape index (κ3) is 4.49. The van der Waals surface area contributed by atoms with Crippen LogP contribution in [0.4, 0.5) is 0 Å². The highest BCUT2D eigenvalue weighted by Crippen LogP contribution is 2.41. The molecule has 0 aromatic heterocycles. The predicted octanol–water partition coefficient (Wildman–Crippen LogP) is 4.63. The quantitative estimate of drug-likeness (QED) is 0.270. The average Bonchev–Trinajstić information content (AvgIpc) is 2.27. The molecule has 6 heteroatoms. The summed E-state index contributed by atoms with van der Waals surface area (Å²) < 4.78 is 6.15. The smallest absolute Gasteiger partial charge is 0.192 e. The van der Waals surface area contributed by atoms with E-state index in [0.717, 1.165) is 4.91 Å². The largest absolute Gasteiger partial charge is 0.412 e. The molecule has 1 rings (SSSR count). The van der Waals surface area contributed by atoms with Crippen LogP contribution in [0.1, 0.15) is 20.8 Å². The number of nitrogens with zero attached hydrogens (tertiary/aromatic N) is 1. The van der Waals surface area contributed by atoms with Crippen LogP contribution in [-0.4, -0.2) is 26.3 Å². The molecule has 0 aliphatic carbocycles. The maximum Gasteiger partial charge on any atom is 0.192 e. The van der Waals surface area contributed by atoms with Crippen molar-refractivity contribution in [2.45, 2.75) is 38.9 Å². The van der Waals surface area contributed by atoms with Crippen LogP contribution in [0.2, 0.25) is 18.1 Å². The van der Waals surface area contributed by atoms with E-state index in [1.54, 1.807) is 21.6 Å². The Balaban J connectivity index is 2.56. The molecular formula is C12H21NO2S2Si. The average molecular weight is 304 g/mol. The van der Waals surface area contributed by atoms with Gasteiger partial charge in [-0.25, -0.2) is 0 Å². The molecule has 1 aliphatic rings. The van der Waals surface area contributed by atoms with Crippen molar-refractivity contribution >= 4 is 36.1 Å². The number of hydrogen-bond acceptors (Lipinski definition) is 5.